The molecule has 1 nitrogen and oxygen atoms in total. The van der Waals surface area contributed by atoms with Crippen LogP contribution in [0.5, 0.6) is 0 Å². The highest BCUT2D eigenvalue weighted by atomic mass is 35.5. The molecule has 2 N–H and O–H groups in total. The Bertz CT molecular complexity index is 350. The van der Waals surface area contributed by atoms with Crippen LogP contribution in [0.1, 0.15) is 29.5 Å². The first-order valence-electron chi connectivity index (χ1n) is 4.64. The standard InChI is InChI=1S/C11H15ClFN/c1-6(5-14)9-4-10(13)8(3)11(12)7(9)2/h4,6H,5,14H2,1-3H3. The molecule has 0 aliphatic rings. The summed E-state index contributed by atoms with van der Waals surface area (Å²) in [7, 11) is 0. The summed E-state index contributed by atoms with van der Waals surface area (Å²) in [5, 5.41) is 0.514. The number of hydrogen-bond donors (Lipinski definition) is 1. The summed E-state index contributed by atoms with van der Waals surface area (Å²) in [4.78, 5) is 0. The van der Waals surface area contributed by atoms with Gasteiger partial charge in [-0.3, -0.25) is 0 Å². The monoisotopic (exact) mass is 215 g/mol. The molecular weight excluding hydrogens is 201 g/mol. The predicted octanol–water partition coefficient (Wildman–Crippen LogP) is 3.16. The summed E-state index contributed by atoms with van der Waals surface area (Å²) >= 11 is 6.01. The third-order valence-corrected chi connectivity index (χ3v) is 3.18. The van der Waals surface area contributed by atoms with Crippen molar-refractivity contribution in [2.45, 2.75) is 26.7 Å². The lowest BCUT2D eigenvalue weighted by Crippen LogP contribution is -2.11. The first-order chi connectivity index (χ1) is 6.49. The maximum Gasteiger partial charge on any atom is 0.127 e. The minimum absolute atomic E-state index is 0.141. The van der Waals surface area contributed by atoms with Crippen molar-refractivity contribution in [2.24, 2.45) is 5.73 Å². The van der Waals surface area contributed by atoms with Crippen LogP contribution in [-0.4, -0.2) is 6.54 Å². The van der Waals surface area contributed by atoms with Gasteiger partial charge in [-0.2, -0.15) is 0 Å². The second kappa shape index (κ2) is 4.28. The van der Waals surface area contributed by atoms with Crippen molar-refractivity contribution in [1.82, 2.24) is 0 Å². The van der Waals surface area contributed by atoms with Crippen LogP contribution in [0.15, 0.2) is 6.07 Å². The summed E-state index contributed by atoms with van der Waals surface area (Å²) in [6, 6.07) is 1.54. The molecule has 1 rings (SSSR count). The third kappa shape index (κ3) is 1.91. The van der Waals surface area contributed by atoms with Crippen molar-refractivity contribution in [3.05, 3.63) is 33.6 Å². The second-order valence-electron chi connectivity index (χ2n) is 3.65. The highest BCUT2D eigenvalue weighted by molar-refractivity contribution is 6.32. The Balaban J connectivity index is 3.33. The molecule has 1 aromatic carbocycles. The fraction of sp³-hybridized carbons (Fsp3) is 0.455. The van der Waals surface area contributed by atoms with Crippen LogP contribution < -0.4 is 5.73 Å². The van der Waals surface area contributed by atoms with Gasteiger partial charge in [-0.05, 0) is 43.5 Å². The third-order valence-electron chi connectivity index (χ3n) is 2.62. The zero-order valence-corrected chi connectivity index (χ0v) is 9.45. The Hall–Kier alpha value is -0.600. The molecule has 14 heavy (non-hydrogen) atoms. The van der Waals surface area contributed by atoms with Crippen LogP contribution in [0.2, 0.25) is 5.02 Å². The number of nitrogens with two attached hydrogens (primary N) is 1. The van der Waals surface area contributed by atoms with Gasteiger partial charge in [-0.15, -0.1) is 0 Å². The summed E-state index contributed by atoms with van der Waals surface area (Å²) in [6.07, 6.45) is 0. The molecule has 0 aliphatic carbocycles. The van der Waals surface area contributed by atoms with E-state index in [-0.39, 0.29) is 11.7 Å². The molecule has 0 saturated heterocycles. The topological polar surface area (TPSA) is 26.0 Å². The molecule has 0 aliphatic heterocycles. The molecule has 1 aromatic rings. The molecule has 1 atom stereocenters. The number of benzene rings is 1. The minimum atomic E-state index is -0.254. The van der Waals surface area contributed by atoms with Crippen LogP contribution in [-0.2, 0) is 0 Å². The molecule has 1 unspecified atom stereocenters. The number of rotatable bonds is 2. The van der Waals surface area contributed by atoms with Crippen molar-refractivity contribution in [3.8, 4) is 0 Å². The van der Waals surface area contributed by atoms with E-state index in [4.69, 9.17) is 17.3 Å². The van der Waals surface area contributed by atoms with Crippen LogP contribution in [0.4, 0.5) is 4.39 Å². The van der Waals surface area contributed by atoms with Gasteiger partial charge in [-0.1, -0.05) is 18.5 Å². The molecule has 78 valence electrons. The lowest BCUT2D eigenvalue weighted by Gasteiger charge is -2.15. The summed E-state index contributed by atoms with van der Waals surface area (Å²) < 4.78 is 13.4. The van der Waals surface area contributed by atoms with E-state index >= 15 is 0 Å². The van der Waals surface area contributed by atoms with Gasteiger partial charge in [0, 0.05) is 10.6 Å². The molecule has 0 saturated carbocycles. The van der Waals surface area contributed by atoms with Crippen LogP contribution in [0.3, 0.4) is 0 Å². The Kier molecular flexibility index (Phi) is 3.51. The average Bonchev–Trinajstić information content (AvgIpc) is 2.19. The van der Waals surface area contributed by atoms with E-state index in [0.717, 1.165) is 11.1 Å². The van der Waals surface area contributed by atoms with Gasteiger partial charge in [-0.25, -0.2) is 4.39 Å². The van der Waals surface area contributed by atoms with Gasteiger partial charge < -0.3 is 5.73 Å². The summed E-state index contributed by atoms with van der Waals surface area (Å²) in [5.74, 6) is -0.113. The van der Waals surface area contributed by atoms with E-state index in [1.807, 2.05) is 13.8 Å². The number of hydrogen-bond acceptors (Lipinski definition) is 1. The van der Waals surface area contributed by atoms with E-state index < -0.39 is 0 Å². The average molecular weight is 216 g/mol. The van der Waals surface area contributed by atoms with E-state index in [1.165, 1.54) is 6.07 Å². The molecule has 0 spiro atoms. The van der Waals surface area contributed by atoms with Crippen LogP contribution >= 0.6 is 11.6 Å². The van der Waals surface area contributed by atoms with Gasteiger partial charge in [0.05, 0.1) is 0 Å². The Morgan fingerprint density at radius 1 is 1.43 bits per heavy atom. The SMILES string of the molecule is Cc1c(F)cc(C(C)CN)c(C)c1Cl. The molecule has 3 heteroatoms. The first-order valence-corrected chi connectivity index (χ1v) is 5.02. The first kappa shape index (κ1) is 11.5. The maximum atomic E-state index is 13.4. The number of halogens is 2. The van der Waals surface area contributed by atoms with E-state index in [2.05, 4.69) is 0 Å². The Labute approximate surface area is 89.1 Å². The Morgan fingerprint density at radius 3 is 2.50 bits per heavy atom. The zero-order valence-electron chi connectivity index (χ0n) is 8.70. The molecule has 0 heterocycles. The smallest absolute Gasteiger partial charge is 0.127 e. The van der Waals surface area contributed by atoms with Crippen molar-refractivity contribution in [1.29, 1.82) is 0 Å². The van der Waals surface area contributed by atoms with Gasteiger partial charge in [0.1, 0.15) is 5.82 Å². The van der Waals surface area contributed by atoms with Gasteiger partial charge >= 0.3 is 0 Å². The largest absolute Gasteiger partial charge is 0.330 e. The fourth-order valence-corrected chi connectivity index (χ4v) is 1.70. The van der Waals surface area contributed by atoms with Crippen LogP contribution in [0.25, 0.3) is 0 Å². The Morgan fingerprint density at radius 2 is 2.00 bits per heavy atom. The quantitative estimate of drug-likeness (QED) is 0.806. The second-order valence-corrected chi connectivity index (χ2v) is 4.03. The summed E-state index contributed by atoms with van der Waals surface area (Å²) in [5.41, 5.74) is 7.89. The van der Waals surface area contributed by atoms with E-state index in [9.17, 15) is 4.39 Å². The molecule has 0 bridgehead atoms. The van der Waals surface area contributed by atoms with E-state index in [1.54, 1.807) is 6.92 Å². The highest BCUT2D eigenvalue weighted by Crippen LogP contribution is 2.29. The van der Waals surface area contributed by atoms with E-state index in [0.29, 0.717) is 17.1 Å². The maximum absolute atomic E-state index is 13.4. The molecule has 0 aromatic heterocycles. The van der Waals surface area contributed by atoms with Gasteiger partial charge in [0.15, 0.2) is 0 Å². The lowest BCUT2D eigenvalue weighted by molar-refractivity contribution is 0.611. The van der Waals surface area contributed by atoms with Crippen molar-refractivity contribution in [2.75, 3.05) is 6.54 Å². The normalized spacial score (nSPS) is 13.0. The van der Waals surface area contributed by atoms with Gasteiger partial charge in [0.25, 0.3) is 0 Å². The molecule has 0 fully saturated rings. The van der Waals surface area contributed by atoms with Gasteiger partial charge in [0.2, 0.25) is 0 Å². The molecule has 0 radical (unpaired) electrons. The molecule has 0 amide bonds. The van der Waals surface area contributed by atoms with Crippen LogP contribution in [0, 0.1) is 19.7 Å². The highest BCUT2D eigenvalue weighted by Gasteiger charge is 2.14. The van der Waals surface area contributed by atoms with Crippen molar-refractivity contribution < 1.29 is 4.39 Å². The zero-order chi connectivity index (χ0) is 10.9. The predicted molar refractivity (Wildman–Crippen MR) is 58.4 cm³/mol. The minimum Gasteiger partial charge on any atom is -0.330 e. The lowest BCUT2D eigenvalue weighted by atomic mass is 9.94. The fourth-order valence-electron chi connectivity index (χ4n) is 1.50. The summed E-state index contributed by atoms with van der Waals surface area (Å²) in [6.45, 7) is 6.05. The van der Waals surface area contributed by atoms with Crippen molar-refractivity contribution >= 4 is 11.6 Å². The van der Waals surface area contributed by atoms with Crippen molar-refractivity contribution in [3.63, 3.8) is 0 Å². The molecular formula is C11H15ClFN.